The normalized spacial score (nSPS) is 24.0. The molecule has 1 heterocycles. The Morgan fingerprint density at radius 3 is 2.39 bits per heavy atom. The molecule has 0 bridgehead atoms. The standard InChI is InChI=1S/C16H20Cl2N2O2S/c17-15-7-6-14(12-16(15)18)23(21,22)20-10-8-19(9-11-20)13-4-2-1-3-5-13/h2,4,6-7,12-13H,1,3,5,8-11H2. The lowest BCUT2D eigenvalue weighted by molar-refractivity contribution is 0.150. The average molecular weight is 375 g/mol. The first-order valence-corrected chi connectivity index (χ1v) is 10.0. The molecule has 2 aliphatic rings. The smallest absolute Gasteiger partial charge is 0.243 e. The number of hydrogen-bond donors (Lipinski definition) is 0. The minimum Gasteiger partial charge on any atom is -0.294 e. The van der Waals surface area contributed by atoms with Crippen molar-refractivity contribution in [3.63, 3.8) is 0 Å². The summed E-state index contributed by atoms with van der Waals surface area (Å²) in [6.07, 6.45) is 8.01. The molecule has 1 fully saturated rings. The van der Waals surface area contributed by atoms with E-state index in [1.165, 1.54) is 28.9 Å². The van der Waals surface area contributed by atoms with E-state index >= 15 is 0 Å². The van der Waals surface area contributed by atoms with E-state index in [2.05, 4.69) is 17.1 Å². The van der Waals surface area contributed by atoms with Gasteiger partial charge < -0.3 is 0 Å². The summed E-state index contributed by atoms with van der Waals surface area (Å²) < 4.78 is 27.0. The third-order valence-electron chi connectivity index (χ3n) is 4.50. The van der Waals surface area contributed by atoms with Crippen molar-refractivity contribution in [2.24, 2.45) is 0 Å². The average Bonchev–Trinajstić information content (AvgIpc) is 2.58. The van der Waals surface area contributed by atoms with Crippen molar-refractivity contribution in [2.75, 3.05) is 26.2 Å². The molecule has 0 radical (unpaired) electrons. The number of rotatable bonds is 3. The van der Waals surface area contributed by atoms with Gasteiger partial charge in [0.05, 0.1) is 14.9 Å². The molecule has 1 unspecified atom stereocenters. The fourth-order valence-corrected chi connectivity index (χ4v) is 4.97. The number of hydrogen-bond acceptors (Lipinski definition) is 3. The van der Waals surface area contributed by atoms with Gasteiger partial charge in [0, 0.05) is 32.2 Å². The van der Waals surface area contributed by atoms with E-state index in [0.717, 1.165) is 25.9 Å². The highest BCUT2D eigenvalue weighted by Crippen LogP contribution is 2.27. The summed E-state index contributed by atoms with van der Waals surface area (Å²) in [6.45, 7) is 2.53. The van der Waals surface area contributed by atoms with E-state index < -0.39 is 10.0 Å². The highest BCUT2D eigenvalue weighted by atomic mass is 35.5. The second-order valence-electron chi connectivity index (χ2n) is 5.94. The zero-order valence-electron chi connectivity index (χ0n) is 12.8. The van der Waals surface area contributed by atoms with Crippen LogP contribution in [0.3, 0.4) is 0 Å². The molecule has 1 aliphatic heterocycles. The largest absolute Gasteiger partial charge is 0.294 e. The van der Waals surface area contributed by atoms with Crippen LogP contribution in [0, 0.1) is 0 Å². The summed E-state index contributed by atoms with van der Waals surface area (Å²) in [5.74, 6) is 0. The highest BCUT2D eigenvalue weighted by molar-refractivity contribution is 7.89. The first-order chi connectivity index (χ1) is 11.0. The van der Waals surface area contributed by atoms with Crippen LogP contribution in [0.4, 0.5) is 0 Å². The molecule has 4 nitrogen and oxygen atoms in total. The van der Waals surface area contributed by atoms with Crippen molar-refractivity contribution in [2.45, 2.75) is 30.2 Å². The summed E-state index contributed by atoms with van der Waals surface area (Å²) in [5, 5.41) is 0.623. The Bertz CT molecular complexity index is 698. The van der Waals surface area contributed by atoms with Gasteiger partial charge in [-0.25, -0.2) is 8.42 Å². The molecule has 126 valence electrons. The Kier molecular flexibility index (Phi) is 5.33. The van der Waals surface area contributed by atoms with Crippen molar-refractivity contribution in [1.29, 1.82) is 0 Å². The maximum absolute atomic E-state index is 12.7. The summed E-state index contributed by atoms with van der Waals surface area (Å²) in [7, 11) is -3.51. The molecule has 1 atom stereocenters. The molecule has 3 rings (SSSR count). The van der Waals surface area contributed by atoms with E-state index in [-0.39, 0.29) is 9.92 Å². The molecule has 0 aromatic heterocycles. The Morgan fingerprint density at radius 2 is 1.78 bits per heavy atom. The molecule has 0 amide bonds. The number of allylic oxidation sites excluding steroid dienone is 1. The lowest BCUT2D eigenvalue weighted by atomic mass is 10.0. The zero-order chi connectivity index (χ0) is 16.4. The fraction of sp³-hybridized carbons (Fsp3) is 0.500. The quantitative estimate of drug-likeness (QED) is 0.761. The van der Waals surface area contributed by atoms with Crippen molar-refractivity contribution in [3.8, 4) is 0 Å². The van der Waals surface area contributed by atoms with Gasteiger partial charge in [-0.05, 0) is 37.5 Å². The summed E-state index contributed by atoms with van der Waals surface area (Å²) in [4.78, 5) is 2.58. The van der Waals surface area contributed by atoms with Crippen LogP contribution in [0.1, 0.15) is 19.3 Å². The fourth-order valence-electron chi connectivity index (χ4n) is 3.16. The van der Waals surface area contributed by atoms with Gasteiger partial charge in [0.2, 0.25) is 10.0 Å². The van der Waals surface area contributed by atoms with Gasteiger partial charge in [-0.2, -0.15) is 4.31 Å². The van der Waals surface area contributed by atoms with Crippen LogP contribution < -0.4 is 0 Å². The van der Waals surface area contributed by atoms with Gasteiger partial charge in [0.1, 0.15) is 0 Å². The van der Waals surface area contributed by atoms with Crippen LogP contribution in [-0.2, 0) is 10.0 Å². The molecule has 0 spiro atoms. The Hall–Kier alpha value is -0.590. The van der Waals surface area contributed by atoms with Crippen molar-refractivity contribution in [1.82, 2.24) is 9.21 Å². The number of piperazine rings is 1. The molecule has 0 saturated carbocycles. The molecule has 1 saturated heterocycles. The van der Waals surface area contributed by atoms with Crippen LogP contribution in [0.5, 0.6) is 0 Å². The number of halogens is 2. The van der Waals surface area contributed by atoms with Crippen LogP contribution in [-0.4, -0.2) is 49.8 Å². The molecular weight excluding hydrogens is 355 g/mol. The minimum absolute atomic E-state index is 0.206. The van der Waals surface area contributed by atoms with Gasteiger partial charge in [0.25, 0.3) is 0 Å². The van der Waals surface area contributed by atoms with E-state index in [9.17, 15) is 8.42 Å². The van der Waals surface area contributed by atoms with Gasteiger partial charge in [-0.15, -0.1) is 0 Å². The molecule has 7 heteroatoms. The predicted molar refractivity (Wildman–Crippen MR) is 93.6 cm³/mol. The molecule has 1 aliphatic carbocycles. The first kappa shape index (κ1) is 17.2. The van der Waals surface area contributed by atoms with Gasteiger partial charge >= 0.3 is 0 Å². The van der Waals surface area contributed by atoms with Gasteiger partial charge in [-0.3, -0.25) is 4.90 Å². The third kappa shape index (κ3) is 3.74. The lowest BCUT2D eigenvalue weighted by Gasteiger charge is -2.38. The second-order valence-corrected chi connectivity index (χ2v) is 8.69. The van der Waals surface area contributed by atoms with Crippen molar-refractivity contribution >= 4 is 33.2 Å². The molecule has 0 N–H and O–H groups in total. The van der Waals surface area contributed by atoms with E-state index in [0.29, 0.717) is 24.2 Å². The molecule has 1 aromatic carbocycles. The monoisotopic (exact) mass is 374 g/mol. The maximum atomic E-state index is 12.7. The lowest BCUT2D eigenvalue weighted by Crippen LogP contribution is -2.51. The van der Waals surface area contributed by atoms with Gasteiger partial charge in [-0.1, -0.05) is 35.4 Å². The second kappa shape index (κ2) is 7.11. The molecule has 23 heavy (non-hydrogen) atoms. The molecular formula is C16H20Cl2N2O2S. The third-order valence-corrected chi connectivity index (χ3v) is 7.13. The minimum atomic E-state index is -3.51. The Morgan fingerprint density at radius 1 is 1.04 bits per heavy atom. The maximum Gasteiger partial charge on any atom is 0.243 e. The zero-order valence-corrected chi connectivity index (χ0v) is 15.1. The van der Waals surface area contributed by atoms with Crippen LogP contribution >= 0.6 is 23.2 Å². The number of benzene rings is 1. The Labute approximate surface area is 147 Å². The summed E-state index contributed by atoms with van der Waals surface area (Å²) >= 11 is 11.8. The van der Waals surface area contributed by atoms with E-state index in [1.54, 1.807) is 0 Å². The van der Waals surface area contributed by atoms with Crippen LogP contribution in [0.15, 0.2) is 35.2 Å². The molecule has 1 aromatic rings. The highest BCUT2D eigenvalue weighted by Gasteiger charge is 2.30. The number of nitrogens with zero attached hydrogens (tertiary/aromatic N) is 2. The first-order valence-electron chi connectivity index (χ1n) is 7.84. The van der Waals surface area contributed by atoms with Crippen LogP contribution in [0.25, 0.3) is 0 Å². The summed E-state index contributed by atoms with van der Waals surface area (Å²) in [6, 6.07) is 4.92. The van der Waals surface area contributed by atoms with E-state index in [1.807, 2.05) is 0 Å². The SMILES string of the molecule is O=S(=O)(c1ccc(Cl)c(Cl)c1)N1CCN(C2C=CCCC2)CC1. The summed E-state index contributed by atoms with van der Waals surface area (Å²) in [5.41, 5.74) is 0. The van der Waals surface area contributed by atoms with E-state index in [4.69, 9.17) is 23.2 Å². The predicted octanol–water partition coefficient (Wildman–Crippen LogP) is 3.41. The Balaban J connectivity index is 1.69. The van der Waals surface area contributed by atoms with Crippen LogP contribution in [0.2, 0.25) is 10.0 Å². The number of sulfonamides is 1. The van der Waals surface area contributed by atoms with Gasteiger partial charge in [0.15, 0.2) is 0 Å². The topological polar surface area (TPSA) is 40.6 Å². The van der Waals surface area contributed by atoms with Crippen molar-refractivity contribution in [3.05, 3.63) is 40.4 Å². The van der Waals surface area contributed by atoms with Crippen molar-refractivity contribution < 1.29 is 8.42 Å².